The fourth-order valence-electron chi connectivity index (χ4n) is 1.94. The van der Waals surface area contributed by atoms with Gasteiger partial charge >= 0.3 is 0 Å². The molecule has 2 aromatic carbocycles. The maximum absolute atomic E-state index is 12.1. The van der Waals surface area contributed by atoms with Crippen molar-refractivity contribution < 1.29 is 8.42 Å². The monoisotopic (exact) mass is 343 g/mol. The number of halogens is 2. The highest BCUT2D eigenvalue weighted by Crippen LogP contribution is 2.29. The summed E-state index contributed by atoms with van der Waals surface area (Å²) in [6.45, 7) is 2.09. The minimum absolute atomic E-state index is 0.140. The van der Waals surface area contributed by atoms with Crippen molar-refractivity contribution in [3.8, 4) is 0 Å². The van der Waals surface area contributed by atoms with E-state index < -0.39 is 10.0 Å². The van der Waals surface area contributed by atoms with Crippen molar-refractivity contribution in [3.05, 3.63) is 63.6 Å². The molecule has 0 spiro atoms. The van der Waals surface area contributed by atoms with Gasteiger partial charge in [0.2, 0.25) is 10.0 Å². The van der Waals surface area contributed by atoms with Gasteiger partial charge in [0.1, 0.15) is 0 Å². The van der Waals surface area contributed by atoms with Crippen molar-refractivity contribution in [2.75, 3.05) is 10.6 Å². The van der Waals surface area contributed by atoms with E-state index in [1.165, 1.54) is 10.6 Å². The molecule has 0 unspecified atom stereocenters. The quantitative estimate of drug-likeness (QED) is 0.831. The van der Waals surface area contributed by atoms with E-state index >= 15 is 0 Å². The molecule has 0 saturated heterocycles. The summed E-state index contributed by atoms with van der Waals surface area (Å²) in [5, 5.41) is 0.784. The summed E-state index contributed by atoms with van der Waals surface area (Å²) in [6, 6.07) is 12.5. The predicted octanol–water partition coefficient (Wildman–Crippen LogP) is 4.27. The smallest absolute Gasteiger partial charge is 0.232 e. The van der Waals surface area contributed by atoms with E-state index in [0.717, 1.165) is 5.56 Å². The number of anilines is 1. The number of benzene rings is 2. The lowest BCUT2D eigenvalue weighted by Crippen LogP contribution is -2.29. The molecule has 2 rings (SSSR count). The van der Waals surface area contributed by atoms with Gasteiger partial charge in [-0.1, -0.05) is 53.0 Å². The minimum Gasteiger partial charge on any atom is -0.266 e. The Hall–Kier alpha value is -1.23. The maximum atomic E-state index is 12.1. The normalized spacial score (nSPS) is 11.4. The van der Waals surface area contributed by atoms with Crippen LogP contribution < -0.4 is 4.31 Å². The van der Waals surface area contributed by atoms with E-state index in [9.17, 15) is 8.42 Å². The molecule has 6 heteroatoms. The molecule has 0 saturated carbocycles. The third-order valence-electron chi connectivity index (χ3n) is 3.07. The van der Waals surface area contributed by atoms with Gasteiger partial charge in [0.15, 0.2) is 0 Å². The molecular weight excluding hydrogens is 329 g/mol. The molecule has 0 bridgehead atoms. The Balaban J connectivity index is 2.43. The molecule has 0 heterocycles. The van der Waals surface area contributed by atoms with Crippen molar-refractivity contribution in [1.29, 1.82) is 0 Å². The highest BCUT2D eigenvalue weighted by molar-refractivity contribution is 7.92. The van der Waals surface area contributed by atoms with Crippen molar-refractivity contribution in [1.82, 2.24) is 0 Å². The van der Waals surface area contributed by atoms with E-state index in [4.69, 9.17) is 23.2 Å². The van der Waals surface area contributed by atoms with Gasteiger partial charge < -0.3 is 0 Å². The van der Waals surface area contributed by atoms with Crippen LogP contribution >= 0.6 is 23.2 Å². The van der Waals surface area contributed by atoms with Gasteiger partial charge in [0.05, 0.1) is 28.5 Å². The lowest BCUT2D eigenvalue weighted by atomic mass is 10.2. The fraction of sp³-hybridized carbons (Fsp3) is 0.200. The first-order valence-electron chi connectivity index (χ1n) is 6.26. The summed E-state index contributed by atoms with van der Waals surface area (Å²) < 4.78 is 25.4. The third kappa shape index (κ3) is 3.90. The molecule has 0 aromatic heterocycles. The third-order valence-corrected chi connectivity index (χ3v) is 5.07. The second-order valence-electron chi connectivity index (χ2n) is 4.82. The Kier molecular flexibility index (Phi) is 4.81. The van der Waals surface area contributed by atoms with Crippen LogP contribution in [0.25, 0.3) is 0 Å². The SMILES string of the molecule is Cc1ccc(N(Cc2cccc(Cl)c2Cl)S(C)(=O)=O)cc1. The van der Waals surface area contributed by atoms with Gasteiger partial charge in [-0.2, -0.15) is 0 Å². The number of aryl methyl sites for hydroxylation is 1. The molecule has 2 aromatic rings. The molecule has 3 nitrogen and oxygen atoms in total. The zero-order chi connectivity index (χ0) is 15.6. The highest BCUT2D eigenvalue weighted by Gasteiger charge is 2.19. The fourth-order valence-corrected chi connectivity index (χ4v) is 3.19. The number of hydrogen-bond acceptors (Lipinski definition) is 2. The van der Waals surface area contributed by atoms with Crippen LogP contribution in [0.5, 0.6) is 0 Å². The second kappa shape index (κ2) is 6.26. The number of rotatable bonds is 4. The number of sulfonamides is 1. The molecule has 0 aliphatic heterocycles. The lowest BCUT2D eigenvalue weighted by Gasteiger charge is -2.23. The molecule has 0 amide bonds. The van der Waals surface area contributed by atoms with Crippen LogP contribution in [0.15, 0.2) is 42.5 Å². The molecule has 112 valence electrons. The van der Waals surface area contributed by atoms with Gasteiger partial charge in [0, 0.05) is 0 Å². The summed E-state index contributed by atoms with van der Waals surface area (Å²) >= 11 is 12.1. The first-order chi connectivity index (χ1) is 9.79. The van der Waals surface area contributed by atoms with Crippen molar-refractivity contribution >= 4 is 38.9 Å². The predicted molar refractivity (Wildman–Crippen MR) is 88.7 cm³/mol. The molecule has 21 heavy (non-hydrogen) atoms. The summed E-state index contributed by atoms with van der Waals surface area (Å²) in [4.78, 5) is 0. The van der Waals surface area contributed by atoms with E-state index in [2.05, 4.69) is 0 Å². The largest absolute Gasteiger partial charge is 0.266 e. The molecule has 0 aliphatic rings. The van der Waals surface area contributed by atoms with Crippen LogP contribution in [0.1, 0.15) is 11.1 Å². The van der Waals surface area contributed by atoms with Gasteiger partial charge in [-0.25, -0.2) is 8.42 Å². The average molecular weight is 344 g/mol. The Morgan fingerprint density at radius 1 is 1.05 bits per heavy atom. The van der Waals surface area contributed by atoms with Gasteiger partial charge in [0.25, 0.3) is 0 Å². The molecule has 0 N–H and O–H groups in total. The Morgan fingerprint density at radius 2 is 1.67 bits per heavy atom. The molecule has 0 fully saturated rings. The lowest BCUT2D eigenvalue weighted by molar-refractivity contribution is 0.596. The summed E-state index contributed by atoms with van der Waals surface area (Å²) in [5.74, 6) is 0. The first kappa shape index (κ1) is 16.1. The van der Waals surface area contributed by atoms with Crippen molar-refractivity contribution in [3.63, 3.8) is 0 Å². The molecule has 0 aliphatic carbocycles. The van der Waals surface area contributed by atoms with E-state index in [0.29, 0.717) is 21.3 Å². The zero-order valence-corrected chi connectivity index (χ0v) is 14.0. The Bertz CT molecular complexity index is 743. The van der Waals surface area contributed by atoms with E-state index in [-0.39, 0.29) is 6.54 Å². The molecule has 0 radical (unpaired) electrons. The van der Waals surface area contributed by atoms with Crippen LogP contribution in [-0.4, -0.2) is 14.7 Å². The standard InChI is InChI=1S/C15H15Cl2NO2S/c1-11-6-8-13(9-7-11)18(21(2,19)20)10-12-4-3-5-14(16)15(12)17/h3-9H,10H2,1-2H3. The van der Waals surface area contributed by atoms with E-state index in [1.807, 2.05) is 19.1 Å². The molecular formula is C15H15Cl2NO2S. The van der Waals surface area contributed by atoms with Crippen LogP contribution in [0.3, 0.4) is 0 Å². The second-order valence-corrected chi connectivity index (χ2v) is 7.51. The Morgan fingerprint density at radius 3 is 2.24 bits per heavy atom. The van der Waals surface area contributed by atoms with Gasteiger partial charge in [-0.15, -0.1) is 0 Å². The van der Waals surface area contributed by atoms with E-state index in [1.54, 1.807) is 30.3 Å². The maximum Gasteiger partial charge on any atom is 0.232 e. The summed E-state index contributed by atoms with van der Waals surface area (Å²) in [5.41, 5.74) is 2.32. The van der Waals surface area contributed by atoms with Crippen LogP contribution in [0.2, 0.25) is 10.0 Å². The topological polar surface area (TPSA) is 37.4 Å². The summed E-state index contributed by atoms with van der Waals surface area (Å²) in [6.07, 6.45) is 1.17. The number of nitrogens with zero attached hydrogens (tertiary/aromatic N) is 1. The zero-order valence-electron chi connectivity index (χ0n) is 11.7. The summed E-state index contributed by atoms with van der Waals surface area (Å²) in [7, 11) is -3.43. The molecule has 0 atom stereocenters. The Labute approximate surface area is 135 Å². The number of hydrogen-bond donors (Lipinski definition) is 0. The minimum atomic E-state index is -3.43. The van der Waals surface area contributed by atoms with Crippen LogP contribution in [0.4, 0.5) is 5.69 Å². The van der Waals surface area contributed by atoms with Crippen molar-refractivity contribution in [2.24, 2.45) is 0 Å². The van der Waals surface area contributed by atoms with Crippen LogP contribution in [0, 0.1) is 6.92 Å². The van der Waals surface area contributed by atoms with Crippen molar-refractivity contribution in [2.45, 2.75) is 13.5 Å². The van der Waals surface area contributed by atoms with Crippen LogP contribution in [-0.2, 0) is 16.6 Å². The van der Waals surface area contributed by atoms with Gasteiger partial charge in [-0.05, 0) is 30.7 Å². The van der Waals surface area contributed by atoms with Gasteiger partial charge in [-0.3, -0.25) is 4.31 Å². The first-order valence-corrected chi connectivity index (χ1v) is 8.87. The highest BCUT2D eigenvalue weighted by atomic mass is 35.5. The average Bonchev–Trinajstić information content (AvgIpc) is 2.40.